The molecule has 0 bridgehead atoms. The molecule has 72 valence electrons. The zero-order valence-corrected chi connectivity index (χ0v) is 8.24. The second kappa shape index (κ2) is 4.14. The molecule has 0 amide bonds. The zero-order valence-electron chi connectivity index (χ0n) is 8.24. The molecule has 0 heterocycles. The maximum absolute atomic E-state index is 8.95. The molecule has 0 aliphatic carbocycles. The van der Waals surface area contributed by atoms with Crippen LogP contribution in [-0.4, -0.2) is 26.3 Å². The lowest BCUT2D eigenvalue weighted by Gasteiger charge is -2.17. The minimum atomic E-state index is 0.0604. The standard InChI is InChI=1S/C10H15NO2/c1-11(2)9-6-8(7-12)4-5-10(9)13-3/h4-6,12H,7H2,1-3H3. The molecule has 1 rings (SSSR count). The number of methoxy groups -OCH3 is 1. The average molecular weight is 181 g/mol. The van der Waals surface area contributed by atoms with Crippen LogP contribution in [0.3, 0.4) is 0 Å². The molecule has 3 nitrogen and oxygen atoms in total. The second-order valence-corrected chi connectivity index (χ2v) is 3.06. The maximum atomic E-state index is 8.95. The van der Waals surface area contributed by atoms with Crippen LogP contribution in [0.4, 0.5) is 5.69 Å². The lowest BCUT2D eigenvalue weighted by atomic mass is 10.2. The van der Waals surface area contributed by atoms with Crippen LogP contribution in [0.5, 0.6) is 5.75 Å². The Morgan fingerprint density at radius 1 is 1.38 bits per heavy atom. The minimum Gasteiger partial charge on any atom is -0.495 e. The number of anilines is 1. The molecular formula is C10H15NO2. The average Bonchev–Trinajstić information content (AvgIpc) is 2.16. The summed E-state index contributed by atoms with van der Waals surface area (Å²) in [6.45, 7) is 0.0604. The van der Waals surface area contributed by atoms with E-state index in [0.717, 1.165) is 17.0 Å². The molecule has 0 saturated carbocycles. The second-order valence-electron chi connectivity index (χ2n) is 3.06. The smallest absolute Gasteiger partial charge is 0.142 e. The van der Waals surface area contributed by atoms with E-state index in [9.17, 15) is 0 Å². The van der Waals surface area contributed by atoms with Crippen molar-refractivity contribution in [3.8, 4) is 5.75 Å². The number of hydrogen-bond acceptors (Lipinski definition) is 3. The van der Waals surface area contributed by atoms with Crippen molar-refractivity contribution in [3.05, 3.63) is 23.8 Å². The van der Waals surface area contributed by atoms with Crippen molar-refractivity contribution in [2.75, 3.05) is 26.1 Å². The number of hydrogen-bond donors (Lipinski definition) is 1. The quantitative estimate of drug-likeness (QED) is 0.761. The molecule has 1 aromatic rings. The molecule has 3 heteroatoms. The van der Waals surface area contributed by atoms with Crippen LogP contribution in [0, 0.1) is 0 Å². The van der Waals surface area contributed by atoms with Gasteiger partial charge in [0.1, 0.15) is 5.75 Å². The number of benzene rings is 1. The molecule has 0 aromatic heterocycles. The van der Waals surface area contributed by atoms with Gasteiger partial charge in [-0.15, -0.1) is 0 Å². The van der Waals surface area contributed by atoms with E-state index in [1.54, 1.807) is 7.11 Å². The fourth-order valence-corrected chi connectivity index (χ4v) is 1.18. The van der Waals surface area contributed by atoms with Crippen molar-refractivity contribution in [2.45, 2.75) is 6.61 Å². The van der Waals surface area contributed by atoms with Gasteiger partial charge in [-0.2, -0.15) is 0 Å². The van der Waals surface area contributed by atoms with Gasteiger partial charge in [-0.25, -0.2) is 0 Å². The Kier molecular flexibility index (Phi) is 3.14. The molecule has 1 N–H and O–H groups in total. The summed E-state index contributed by atoms with van der Waals surface area (Å²) in [6.07, 6.45) is 0. The zero-order chi connectivity index (χ0) is 9.84. The summed E-state index contributed by atoms with van der Waals surface area (Å²) in [4.78, 5) is 1.96. The van der Waals surface area contributed by atoms with Gasteiger partial charge in [-0.3, -0.25) is 0 Å². The van der Waals surface area contributed by atoms with Crippen LogP contribution in [0.2, 0.25) is 0 Å². The summed E-state index contributed by atoms with van der Waals surface area (Å²) in [5, 5.41) is 8.95. The van der Waals surface area contributed by atoms with Gasteiger partial charge >= 0.3 is 0 Å². The first-order chi connectivity index (χ1) is 6.19. The molecule has 1 aromatic carbocycles. The normalized spacial score (nSPS) is 9.85. The number of aliphatic hydroxyl groups is 1. The Labute approximate surface area is 78.6 Å². The molecule has 0 atom stereocenters. The van der Waals surface area contributed by atoms with Crippen molar-refractivity contribution in [1.29, 1.82) is 0 Å². The van der Waals surface area contributed by atoms with Crippen LogP contribution in [0.1, 0.15) is 5.56 Å². The van der Waals surface area contributed by atoms with Gasteiger partial charge < -0.3 is 14.7 Å². The summed E-state index contributed by atoms with van der Waals surface area (Å²) in [5.41, 5.74) is 1.87. The van der Waals surface area contributed by atoms with Crippen molar-refractivity contribution in [2.24, 2.45) is 0 Å². The molecule has 0 saturated heterocycles. The van der Waals surface area contributed by atoms with Gasteiger partial charge in [0.25, 0.3) is 0 Å². The van der Waals surface area contributed by atoms with Gasteiger partial charge in [0.05, 0.1) is 19.4 Å². The third kappa shape index (κ3) is 2.12. The fourth-order valence-electron chi connectivity index (χ4n) is 1.18. The molecule has 0 spiro atoms. The highest BCUT2D eigenvalue weighted by atomic mass is 16.5. The Balaban J connectivity index is 3.10. The van der Waals surface area contributed by atoms with Gasteiger partial charge in [0, 0.05) is 14.1 Å². The maximum Gasteiger partial charge on any atom is 0.142 e. The highest BCUT2D eigenvalue weighted by Gasteiger charge is 2.05. The third-order valence-electron chi connectivity index (χ3n) is 1.91. The first-order valence-corrected chi connectivity index (χ1v) is 4.14. The predicted octanol–water partition coefficient (Wildman–Crippen LogP) is 1.25. The Morgan fingerprint density at radius 3 is 2.54 bits per heavy atom. The Hall–Kier alpha value is -1.22. The molecule has 13 heavy (non-hydrogen) atoms. The van der Waals surface area contributed by atoms with Gasteiger partial charge in [-0.05, 0) is 17.7 Å². The summed E-state index contributed by atoms with van der Waals surface area (Å²) in [7, 11) is 5.53. The van der Waals surface area contributed by atoms with Gasteiger partial charge in [-0.1, -0.05) is 6.07 Å². The van der Waals surface area contributed by atoms with Crippen LogP contribution in [-0.2, 0) is 6.61 Å². The SMILES string of the molecule is COc1ccc(CO)cc1N(C)C. The van der Waals surface area contributed by atoms with E-state index in [0.29, 0.717) is 0 Å². The summed E-state index contributed by atoms with van der Waals surface area (Å²) < 4.78 is 5.18. The Bertz CT molecular complexity index is 284. The number of ether oxygens (including phenoxy) is 1. The molecule has 0 unspecified atom stereocenters. The van der Waals surface area contributed by atoms with Crippen LogP contribution >= 0.6 is 0 Å². The van der Waals surface area contributed by atoms with Crippen LogP contribution in [0.25, 0.3) is 0 Å². The van der Waals surface area contributed by atoms with E-state index in [1.165, 1.54) is 0 Å². The van der Waals surface area contributed by atoms with E-state index >= 15 is 0 Å². The first-order valence-electron chi connectivity index (χ1n) is 4.14. The minimum absolute atomic E-state index is 0.0604. The molecular weight excluding hydrogens is 166 g/mol. The van der Waals surface area contributed by atoms with E-state index < -0.39 is 0 Å². The number of aliphatic hydroxyl groups excluding tert-OH is 1. The monoisotopic (exact) mass is 181 g/mol. The van der Waals surface area contributed by atoms with Crippen molar-refractivity contribution in [3.63, 3.8) is 0 Å². The molecule has 0 aliphatic heterocycles. The van der Waals surface area contributed by atoms with Crippen molar-refractivity contribution >= 4 is 5.69 Å². The van der Waals surface area contributed by atoms with Crippen molar-refractivity contribution < 1.29 is 9.84 Å². The summed E-state index contributed by atoms with van der Waals surface area (Å²) in [6, 6.07) is 5.63. The van der Waals surface area contributed by atoms with Gasteiger partial charge in [0.2, 0.25) is 0 Å². The predicted molar refractivity (Wildman–Crippen MR) is 53.2 cm³/mol. The highest BCUT2D eigenvalue weighted by Crippen LogP contribution is 2.27. The number of rotatable bonds is 3. The van der Waals surface area contributed by atoms with E-state index in [2.05, 4.69) is 0 Å². The van der Waals surface area contributed by atoms with Crippen LogP contribution < -0.4 is 9.64 Å². The Morgan fingerprint density at radius 2 is 2.08 bits per heavy atom. The summed E-state index contributed by atoms with van der Waals surface area (Å²) >= 11 is 0. The van der Waals surface area contributed by atoms with E-state index in [-0.39, 0.29) is 6.61 Å². The lowest BCUT2D eigenvalue weighted by molar-refractivity contribution is 0.281. The first kappa shape index (κ1) is 9.86. The topological polar surface area (TPSA) is 32.7 Å². The largest absolute Gasteiger partial charge is 0.495 e. The third-order valence-corrected chi connectivity index (χ3v) is 1.91. The highest BCUT2D eigenvalue weighted by molar-refractivity contribution is 5.59. The van der Waals surface area contributed by atoms with Crippen LogP contribution in [0.15, 0.2) is 18.2 Å². The van der Waals surface area contributed by atoms with Gasteiger partial charge in [0.15, 0.2) is 0 Å². The summed E-state index contributed by atoms with van der Waals surface area (Å²) in [5.74, 6) is 0.821. The van der Waals surface area contributed by atoms with Crippen molar-refractivity contribution in [1.82, 2.24) is 0 Å². The molecule has 0 fully saturated rings. The fraction of sp³-hybridized carbons (Fsp3) is 0.400. The molecule has 0 radical (unpaired) electrons. The van der Waals surface area contributed by atoms with E-state index in [4.69, 9.17) is 9.84 Å². The number of nitrogens with zero attached hydrogens (tertiary/aromatic N) is 1. The molecule has 0 aliphatic rings. The van der Waals surface area contributed by atoms with E-state index in [1.807, 2.05) is 37.2 Å². The lowest BCUT2D eigenvalue weighted by Crippen LogP contribution is -2.10.